The molecule has 0 aliphatic carbocycles. The van der Waals surface area contributed by atoms with Gasteiger partial charge >= 0.3 is 0 Å². The molecule has 19 heavy (non-hydrogen) atoms. The van der Waals surface area contributed by atoms with E-state index < -0.39 is 0 Å². The van der Waals surface area contributed by atoms with E-state index >= 15 is 0 Å². The molecule has 5 heteroatoms. The van der Waals surface area contributed by atoms with Gasteiger partial charge in [0.1, 0.15) is 16.7 Å². The van der Waals surface area contributed by atoms with Crippen molar-refractivity contribution in [1.29, 1.82) is 0 Å². The Kier molecular flexibility index (Phi) is 7.16. The van der Waals surface area contributed by atoms with Crippen molar-refractivity contribution in [3.8, 4) is 0 Å². The van der Waals surface area contributed by atoms with Crippen LogP contribution in [0.25, 0.3) is 0 Å². The van der Waals surface area contributed by atoms with Crippen LogP contribution in [-0.2, 0) is 6.42 Å². The van der Waals surface area contributed by atoms with Gasteiger partial charge in [0.25, 0.3) is 0 Å². The minimum Gasteiger partial charge on any atom is -0.370 e. The van der Waals surface area contributed by atoms with E-state index in [1.54, 1.807) is 0 Å². The second-order valence-corrected chi connectivity index (χ2v) is 5.93. The molecule has 0 aliphatic heterocycles. The van der Waals surface area contributed by atoms with Crippen molar-refractivity contribution in [2.45, 2.75) is 38.6 Å². The highest BCUT2D eigenvalue weighted by molar-refractivity contribution is 7.99. The van der Waals surface area contributed by atoms with Crippen molar-refractivity contribution in [3.05, 3.63) is 11.4 Å². The zero-order chi connectivity index (χ0) is 14.3. The smallest absolute Gasteiger partial charge is 0.133 e. The first-order valence-corrected chi connectivity index (χ1v) is 7.95. The number of aromatic nitrogens is 2. The first-order valence-electron chi connectivity index (χ1n) is 6.97. The number of hydrogen-bond donors (Lipinski definition) is 1. The van der Waals surface area contributed by atoms with Crippen molar-refractivity contribution in [3.63, 3.8) is 0 Å². The minimum atomic E-state index is 0.877. The lowest BCUT2D eigenvalue weighted by atomic mass is 10.3. The summed E-state index contributed by atoms with van der Waals surface area (Å²) in [6, 6.07) is 0. The number of anilines is 1. The van der Waals surface area contributed by atoms with Gasteiger partial charge in [-0.05, 0) is 27.4 Å². The van der Waals surface area contributed by atoms with Gasteiger partial charge in [-0.25, -0.2) is 9.97 Å². The molecule has 0 fully saturated rings. The first-order chi connectivity index (χ1) is 9.08. The average molecular weight is 282 g/mol. The molecule has 4 nitrogen and oxygen atoms in total. The van der Waals surface area contributed by atoms with Crippen LogP contribution in [0.1, 0.15) is 31.7 Å². The standard InChI is InChI=1S/C14H26N4S/c1-6-8-15-13-11(3)14(17-12(7-2)16-13)19-10-9-18(4)5/h6-10H2,1-5H3,(H,15,16,17). The fourth-order valence-corrected chi connectivity index (χ4v) is 2.71. The molecule has 0 amide bonds. The Morgan fingerprint density at radius 2 is 1.95 bits per heavy atom. The second kappa shape index (κ2) is 8.38. The summed E-state index contributed by atoms with van der Waals surface area (Å²) >= 11 is 1.82. The Balaban J connectivity index is 2.82. The van der Waals surface area contributed by atoms with Crippen LogP contribution in [0.4, 0.5) is 5.82 Å². The van der Waals surface area contributed by atoms with E-state index in [0.717, 1.165) is 48.4 Å². The highest BCUT2D eigenvalue weighted by Gasteiger charge is 2.10. The molecule has 0 atom stereocenters. The van der Waals surface area contributed by atoms with Crippen LogP contribution in [-0.4, -0.2) is 47.8 Å². The van der Waals surface area contributed by atoms with Gasteiger partial charge in [-0.15, -0.1) is 11.8 Å². The van der Waals surface area contributed by atoms with Crippen LogP contribution in [0.2, 0.25) is 0 Å². The molecule has 0 saturated carbocycles. The number of thioether (sulfide) groups is 1. The van der Waals surface area contributed by atoms with Crippen LogP contribution in [0, 0.1) is 6.92 Å². The maximum atomic E-state index is 4.65. The molecule has 0 aromatic carbocycles. The third-order valence-electron chi connectivity index (χ3n) is 2.78. The molecule has 0 aliphatic rings. The fraction of sp³-hybridized carbons (Fsp3) is 0.714. The lowest BCUT2D eigenvalue weighted by Crippen LogP contribution is -2.15. The topological polar surface area (TPSA) is 41.1 Å². The van der Waals surface area contributed by atoms with Crippen molar-refractivity contribution < 1.29 is 0 Å². The van der Waals surface area contributed by atoms with E-state index in [4.69, 9.17) is 0 Å². The van der Waals surface area contributed by atoms with Crippen LogP contribution in [0.3, 0.4) is 0 Å². The number of hydrogen-bond acceptors (Lipinski definition) is 5. The van der Waals surface area contributed by atoms with Crippen molar-refractivity contribution in [1.82, 2.24) is 14.9 Å². The summed E-state index contributed by atoms with van der Waals surface area (Å²) in [5, 5.41) is 4.52. The molecule has 1 heterocycles. The van der Waals surface area contributed by atoms with Gasteiger partial charge in [0.15, 0.2) is 0 Å². The number of rotatable bonds is 8. The Bertz CT molecular complexity index is 393. The summed E-state index contributed by atoms with van der Waals surface area (Å²) in [6.07, 6.45) is 1.98. The van der Waals surface area contributed by atoms with Gasteiger partial charge in [0.2, 0.25) is 0 Å². The summed E-state index contributed by atoms with van der Waals surface area (Å²) in [5.41, 5.74) is 1.18. The Hall–Kier alpha value is -0.810. The lowest BCUT2D eigenvalue weighted by Gasteiger charge is -2.14. The van der Waals surface area contributed by atoms with E-state index in [0.29, 0.717) is 0 Å². The van der Waals surface area contributed by atoms with E-state index in [1.807, 2.05) is 11.8 Å². The van der Waals surface area contributed by atoms with Crippen LogP contribution in [0.5, 0.6) is 0 Å². The average Bonchev–Trinajstić information content (AvgIpc) is 2.38. The summed E-state index contributed by atoms with van der Waals surface area (Å²) in [6.45, 7) is 8.39. The van der Waals surface area contributed by atoms with Crippen LogP contribution in [0.15, 0.2) is 5.03 Å². The molecule has 0 unspecified atom stereocenters. The zero-order valence-electron chi connectivity index (χ0n) is 12.8. The van der Waals surface area contributed by atoms with Gasteiger partial charge in [0.05, 0.1) is 0 Å². The predicted molar refractivity (Wildman–Crippen MR) is 84.2 cm³/mol. The van der Waals surface area contributed by atoms with Crippen molar-refractivity contribution in [2.75, 3.05) is 38.3 Å². The summed E-state index contributed by atoms with van der Waals surface area (Å²) < 4.78 is 0. The molecule has 0 bridgehead atoms. The molecule has 1 rings (SSSR count). The fourth-order valence-electron chi connectivity index (χ4n) is 1.58. The molecule has 0 radical (unpaired) electrons. The summed E-state index contributed by atoms with van der Waals surface area (Å²) in [7, 11) is 4.19. The molecular weight excluding hydrogens is 256 g/mol. The molecule has 0 saturated heterocycles. The Morgan fingerprint density at radius 3 is 2.53 bits per heavy atom. The van der Waals surface area contributed by atoms with Gasteiger partial charge in [-0.3, -0.25) is 0 Å². The lowest BCUT2D eigenvalue weighted by molar-refractivity contribution is 0.437. The van der Waals surface area contributed by atoms with Crippen molar-refractivity contribution >= 4 is 17.6 Å². The quantitative estimate of drug-likeness (QED) is 0.586. The molecule has 0 spiro atoms. The number of nitrogens with zero attached hydrogens (tertiary/aromatic N) is 3. The van der Waals surface area contributed by atoms with E-state index in [-0.39, 0.29) is 0 Å². The highest BCUT2D eigenvalue weighted by Crippen LogP contribution is 2.25. The second-order valence-electron chi connectivity index (χ2n) is 4.85. The van der Waals surface area contributed by atoms with Gasteiger partial charge in [-0.2, -0.15) is 0 Å². The highest BCUT2D eigenvalue weighted by atomic mass is 32.2. The normalized spacial score (nSPS) is 11.1. The summed E-state index contributed by atoms with van der Waals surface area (Å²) in [5.74, 6) is 2.99. The number of aryl methyl sites for hydroxylation is 1. The summed E-state index contributed by atoms with van der Waals surface area (Å²) in [4.78, 5) is 11.4. The number of nitrogens with one attached hydrogen (secondary N) is 1. The van der Waals surface area contributed by atoms with Gasteiger partial charge in [-0.1, -0.05) is 13.8 Å². The van der Waals surface area contributed by atoms with Gasteiger partial charge < -0.3 is 10.2 Å². The third kappa shape index (κ3) is 5.37. The minimum absolute atomic E-state index is 0.877. The Morgan fingerprint density at radius 1 is 1.21 bits per heavy atom. The molecule has 108 valence electrons. The van der Waals surface area contributed by atoms with E-state index in [9.17, 15) is 0 Å². The maximum absolute atomic E-state index is 4.65. The first kappa shape index (κ1) is 16.2. The largest absolute Gasteiger partial charge is 0.370 e. The SMILES string of the molecule is CCCNc1nc(CC)nc(SCCN(C)C)c1C. The van der Waals surface area contributed by atoms with Gasteiger partial charge in [0, 0.05) is 30.8 Å². The maximum Gasteiger partial charge on any atom is 0.133 e. The van der Waals surface area contributed by atoms with Crippen LogP contribution >= 0.6 is 11.8 Å². The monoisotopic (exact) mass is 282 g/mol. The molecule has 1 aromatic heterocycles. The Labute approximate surface area is 121 Å². The van der Waals surface area contributed by atoms with Crippen molar-refractivity contribution in [2.24, 2.45) is 0 Å². The van der Waals surface area contributed by atoms with E-state index in [2.05, 4.69) is 55.1 Å². The molecule has 1 N–H and O–H groups in total. The zero-order valence-corrected chi connectivity index (χ0v) is 13.6. The molecular formula is C14H26N4S. The third-order valence-corrected chi connectivity index (χ3v) is 3.84. The van der Waals surface area contributed by atoms with E-state index in [1.165, 1.54) is 5.56 Å². The molecule has 1 aromatic rings. The van der Waals surface area contributed by atoms with Crippen LogP contribution < -0.4 is 5.32 Å². The predicted octanol–water partition coefficient (Wildman–Crippen LogP) is 2.82.